The van der Waals surface area contributed by atoms with Crippen LogP contribution >= 0.6 is 23.2 Å². The summed E-state index contributed by atoms with van der Waals surface area (Å²) in [6.45, 7) is 3.47. The second-order valence-corrected chi connectivity index (χ2v) is 9.82. The van der Waals surface area contributed by atoms with E-state index in [9.17, 15) is 19.2 Å². The van der Waals surface area contributed by atoms with Gasteiger partial charge in [-0.15, -0.1) is 23.2 Å². The fraction of sp³-hybridized carbons (Fsp3) is 0.360. The van der Waals surface area contributed by atoms with Crippen LogP contribution in [0.2, 0.25) is 0 Å². The number of halogens is 2. The zero-order valence-corrected chi connectivity index (χ0v) is 20.2. The molecule has 7 nitrogen and oxygen atoms in total. The number of benzene rings is 2. The summed E-state index contributed by atoms with van der Waals surface area (Å²) in [7, 11) is 0. The van der Waals surface area contributed by atoms with Gasteiger partial charge in [-0.2, -0.15) is 0 Å². The van der Waals surface area contributed by atoms with Crippen LogP contribution in [0.5, 0.6) is 0 Å². The van der Waals surface area contributed by atoms with Gasteiger partial charge in [0.25, 0.3) is 5.91 Å². The van der Waals surface area contributed by atoms with Crippen LogP contribution in [-0.4, -0.2) is 41.1 Å². The number of carbonyl (C=O) groups is 4. The summed E-state index contributed by atoms with van der Waals surface area (Å²) in [5.41, 5.74) is 3.33. The number of carbonyl (C=O) groups excluding carboxylic acids is 4. The van der Waals surface area contributed by atoms with Gasteiger partial charge >= 0.3 is 5.97 Å². The van der Waals surface area contributed by atoms with Crippen molar-refractivity contribution in [3.63, 3.8) is 0 Å². The minimum atomic E-state index is -0.690. The third-order valence-corrected chi connectivity index (χ3v) is 7.49. The third-order valence-electron chi connectivity index (χ3n) is 6.40. The predicted octanol–water partition coefficient (Wildman–Crippen LogP) is 4.21. The van der Waals surface area contributed by atoms with Gasteiger partial charge in [0.05, 0.1) is 33.8 Å². The van der Waals surface area contributed by atoms with Crippen LogP contribution in [0, 0.1) is 25.7 Å². The van der Waals surface area contributed by atoms with Crippen molar-refractivity contribution >= 4 is 58.3 Å². The minimum Gasteiger partial charge on any atom is -0.452 e. The highest BCUT2D eigenvalue weighted by Gasteiger charge is 2.52. The summed E-state index contributed by atoms with van der Waals surface area (Å²) in [6.07, 6.45) is 0.714. The lowest BCUT2D eigenvalue weighted by Crippen LogP contribution is -2.34. The Bertz CT molecular complexity index is 1120. The molecular formula is C25H24Cl2N2O5. The van der Waals surface area contributed by atoms with E-state index >= 15 is 0 Å². The molecule has 2 fully saturated rings. The van der Waals surface area contributed by atoms with Crippen molar-refractivity contribution in [2.45, 2.75) is 37.4 Å². The predicted molar refractivity (Wildman–Crippen MR) is 129 cm³/mol. The molecule has 4 rings (SSSR count). The molecule has 1 aliphatic heterocycles. The van der Waals surface area contributed by atoms with Crippen molar-refractivity contribution in [1.29, 1.82) is 0 Å². The Morgan fingerprint density at radius 2 is 1.53 bits per heavy atom. The summed E-state index contributed by atoms with van der Waals surface area (Å²) in [6, 6.07) is 11.4. The van der Waals surface area contributed by atoms with Gasteiger partial charge in [-0.3, -0.25) is 19.3 Å². The molecule has 34 heavy (non-hydrogen) atoms. The molecule has 3 amide bonds. The lowest BCUT2D eigenvalue weighted by molar-refractivity contribution is -0.122. The van der Waals surface area contributed by atoms with E-state index in [0.29, 0.717) is 24.2 Å². The molecule has 0 bridgehead atoms. The van der Waals surface area contributed by atoms with Crippen LogP contribution in [0.3, 0.4) is 0 Å². The number of nitrogens with one attached hydrogen (secondary N) is 1. The number of fused-ring (bicyclic) bond motifs is 1. The maximum atomic E-state index is 12.9. The van der Waals surface area contributed by atoms with Gasteiger partial charge < -0.3 is 10.1 Å². The molecule has 9 heteroatoms. The number of esters is 1. The molecule has 2 aromatic rings. The molecule has 0 unspecified atom stereocenters. The Hall–Kier alpha value is -2.90. The van der Waals surface area contributed by atoms with Crippen LogP contribution in [0.1, 0.15) is 34.3 Å². The Labute approximate surface area is 207 Å². The van der Waals surface area contributed by atoms with E-state index in [0.717, 1.165) is 16.0 Å². The molecule has 2 aliphatic rings. The van der Waals surface area contributed by atoms with Crippen LogP contribution in [0.15, 0.2) is 42.5 Å². The number of ether oxygens (including phenoxy) is 1. The van der Waals surface area contributed by atoms with E-state index in [1.807, 2.05) is 26.0 Å². The molecule has 178 valence electrons. The fourth-order valence-electron chi connectivity index (χ4n) is 4.33. The molecule has 1 saturated carbocycles. The van der Waals surface area contributed by atoms with Gasteiger partial charge in [0.15, 0.2) is 6.61 Å². The second-order valence-electron chi connectivity index (χ2n) is 8.70. The maximum Gasteiger partial charge on any atom is 0.338 e. The van der Waals surface area contributed by atoms with Crippen molar-refractivity contribution in [2.24, 2.45) is 11.8 Å². The first kappa shape index (κ1) is 24.2. The zero-order chi connectivity index (χ0) is 24.6. The van der Waals surface area contributed by atoms with Crippen LogP contribution in [-0.2, 0) is 19.1 Å². The van der Waals surface area contributed by atoms with Gasteiger partial charge in [-0.05, 0) is 74.2 Å². The zero-order valence-electron chi connectivity index (χ0n) is 18.7. The lowest BCUT2D eigenvalue weighted by atomic mass is 9.80. The Morgan fingerprint density at radius 1 is 0.941 bits per heavy atom. The largest absolute Gasteiger partial charge is 0.452 e. The fourth-order valence-corrected chi connectivity index (χ4v) is 4.92. The number of anilines is 2. The minimum absolute atomic E-state index is 0.195. The summed E-state index contributed by atoms with van der Waals surface area (Å²) in [5.74, 6) is -2.72. The Balaban J connectivity index is 1.36. The number of nitrogens with zero attached hydrogens (tertiary/aromatic N) is 1. The number of rotatable bonds is 5. The van der Waals surface area contributed by atoms with Crippen molar-refractivity contribution in [3.8, 4) is 0 Å². The van der Waals surface area contributed by atoms with Crippen molar-refractivity contribution in [3.05, 3.63) is 59.2 Å². The number of hydrogen-bond donors (Lipinski definition) is 1. The van der Waals surface area contributed by atoms with E-state index in [1.165, 1.54) is 24.3 Å². The summed E-state index contributed by atoms with van der Waals surface area (Å²) >= 11 is 12.4. The van der Waals surface area contributed by atoms with Crippen LogP contribution in [0.4, 0.5) is 11.4 Å². The summed E-state index contributed by atoms with van der Waals surface area (Å²) < 4.78 is 5.10. The molecule has 1 aliphatic carbocycles. The molecule has 0 radical (unpaired) electrons. The van der Waals surface area contributed by atoms with Gasteiger partial charge in [0, 0.05) is 5.69 Å². The van der Waals surface area contributed by atoms with E-state index < -0.39 is 30.3 Å². The topological polar surface area (TPSA) is 92.8 Å². The van der Waals surface area contributed by atoms with Crippen molar-refractivity contribution in [2.75, 3.05) is 16.8 Å². The first-order valence-electron chi connectivity index (χ1n) is 11.0. The second kappa shape index (κ2) is 9.76. The highest BCUT2D eigenvalue weighted by Crippen LogP contribution is 2.43. The number of amides is 3. The van der Waals surface area contributed by atoms with Crippen molar-refractivity contribution in [1.82, 2.24) is 0 Å². The van der Waals surface area contributed by atoms with E-state index in [2.05, 4.69) is 5.32 Å². The quantitative estimate of drug-likeness (QED) is 0.375. The Morgan fingerprint density at radius 3 is 2.09 bits per heavy atom. The highest BCUT2D eigenvalue weighted by atomic mass is 35.5. The lowest BCUT2D eigenvalue weighted by Gasteiger charge is -2.28. The van der Waals surface area contributed by atoms with Crippen LogP contribution < -0.4 is 10.2 Å². The normalized spacial score (nSPS) is 24.1. The summed E-state index contributed by atoms with van der Waals surface area (Å²) in [5, 5.41) is 1.97. The number of imide groups is 1. The maximum absolute atomic E-state index is 12.9. The third kappa shape index (κ3) is 4.81. The molecule has 1 heterocycles. The van der Waals surface area contributed by atoms with Gasteiger partial charge in [0.2, 0.25) is 11.8 Å². The van der Waals surface area contributed by atoms with E-state index in [1.54, 1.807) is 6.07 Å². The average molecular weight is 503 g/mol. The molecule has 0 spiro atoms. The van der Waals surface area contributed by atoms with Crippen molar-refractivity contribution < 1.29 is 23.9 Å². The van der Waals surface area contributed by atoms with E-state index in [4.69, 9.17) is 27.9 Å². The highest BCUT2D eigenvalue weighted by molar-refractivity contribution is 6.31. The van der Waals surface area contributed by atoms with Crippen LogP contribution in [0.25, 0.3) is 0 Å². The monoisotopic (exact) mass is 502 g/mol. The molecule has 0 aromatic heterocycles. The van der Waals surface area contributed by atoms with Gasteiger partial charge in [-0.25, -0.2) is 4.79 Å². The summed E-state index contributed by atoms with van der Waals surface area (Å²) in [4.78, 5) is 51.3. The molecule has 2 aromatic carbocycles. The molecular weight excluding hydrogens is 479 g/mol. The average Bonchev–Trinajstić information content (AvgIpc) is 3.04. The smallest absolute Gasteiger partial charge is 0.338 e. The molecule has 1 saturated heterocycles. The standard InChI is InChI=1S/C25H24Cl2N2O5/c1-13-3-6-16(9-14(13)2)28-22(30)12-34-25(33)15-4-7-17(8-5-15)29-23(31)18-10-20(26)21(27)11-19(18)24(29)32/h3-9,18-21H,10-12H2,1-2H3,(H,28,30)/t18-,19+,20-,21-/m0/s1. The number of aryl methyl sites for hydroxylation is 2. The molecule has 4 atom stereocenters. The first-order chi connectivity index (χ1) is 16.2. The van der Waals surface area contributed by atoms with Gasteiger partial charge in [-0.1, -0.05) is 6.07 Å². The molecule has 1 N–H and O–H groups in total. The number of hydrogen-bond acceptors (Lipinski definition) is 5. The Kier molecular flexibility index (Phi) is 6.96. The SMILES string of the molecule is Cc1ccc(NC(=O)COC(=O)c2ccc(N3C(=O)[C@H]4C[C@H](Cl)[C@@H](Cl)C[C@H]4C3=O)cc2)cc1C. The van der Waals surface area contributed by atoms with E-state index in [-0.39, 0.29) is 28.1 Å². The number of alkyl halides is 2. The first-order valence-corrected chi connectivity index (χ1v) is 11.8. The van der Waals surface area contributed by atoms with Gasteiger partial charge in [0.1, 0.15) is 0 Å².